The number of ether oxygens (including phenoxy) is 2. The van der Waals surface area contributed by atoms with E-state index in [1.165, 1.54) is 0 Å². The largest absolute Gasteiger partial charge is 0.465 e. The van der Waals surface area contributed by atoms with Gasteiger partial charge in [-0.2, -0.15) is 0 Å². The normalized spacial score (nSPS) is 10.4. The highest BCUT2D eigenvalue weighted by molar-refractivity contribution is 9.10. The summed E-state index contributed by atoms with van der Waals surface area (Å²) in [5, 5.41) is 0. The quantitative estimate of drug-likeness (QED) is 0.592. The number of carbonyl (C=O) groups is 1. The van der Waals surface area contributed by atoms with Crippen molar-refractivity contribution in [3.63, 3.8) is 0 Å². The smallest absolute Gasteiger partial charge is 0.344 e. The molecule has 0 unspecified atom stereocenters. The topological polar surface area (TPSA) is 48.4 Å². The van der Waals surface area contributed by atoms with Crippen LogP contribution in [0.25, 0.3) is 0 Å². The summed E-state index contributed by atoms with van der Waals surface area (Å²) in [6.45, 7) is 8.19. The summed E-state index contributed by atoms with van der Waals surface area (Å²) in [7, 11) is 0. The molecule has 0 aliphatic heterocycles. The molecule has 5 heteroatoms. The van der Waals surface area contributed by atoms with E-state index in [-0.39, 0.29) is 12.6 Å². The number of aryl methyl sites for hydroxylation is 1. The van der Waals surface area contributed by atoms with Gasteiger partial charge in [-0.3, -0.25) is 0 Å². The van der Waals surface area contributed by atoms with Gasteiger partial charge in [0.25, 0.3) is 0 Å². The number of hydrogen-bond acceptors (Lipinski definition) is 4. The van der Waals surface area contributed by atoms with Crippen molar-refractivity contribution in [1.82, 2.24) is 4.98 Å². The fourth-order valence-electron chi connectivity index (χ4n) is 1.52. The molecule has 0 bridgehead atoms. The molecule has 0 atom stereocenters. The predicted octanol–water partition coefficient (Wildman–Crippen LogP) is 3.49. The van der Waals surface area contributed by atoms with Gasteiger partial charge in [0, 0.05) is 10.0 Å². The van der Waals surface area contributed by atoms with E-state index in [1.54, 1.807) is 0 Å². The number of pyridine rings is 1. The summed E-state index contributed by atoms with van der Waals surface area (Å²) in [6, 6.07) is 0. The summed E-state index contributed by atoms with van der Waals surface area (Å²) in [4.78, 5) is 15.8. The summed E-state index contributed by atoms with van der Waals surface area (Å²) >= 11 is 3.48. The number of hydrogen-bond donors (Lipinski definition) is 0. The van der Waals surface area contributed by atoms with Crippen molar-refractivity contribution < 1.29 is 14.3 Å². The first-order valence-electron chi connectivity index (χ1n) is 6.39. The van der Waals surface area contributed by atoms with Crippen LogP contribution in [0.4, 0.5) is 0 Å². The molecule has 1 rings (SSSR count). The average Bonchev–Trinajstić information content (AvgIpc) is 2.39. The summed E-state index contributed by atoms with van der Waals surface area (Å²) in [5.74, 6) is 0.138. The molecule has 0 spiro atoms. The standard InChI is InChI=1S/C14H20BrNO3/c1-5-6-7-18-12(17)8-19-14-10(3)9(2)13(15)11(4)16-14/h5-8H2,1-4H3. The number of unbranched alkanes of at least 4 members (excludes halogenated alkanes) is 1. The minimum atomic E-state index is -0.354. The Bertz CT molecular complexity index is 460. The Balaban J connectivity index is 2.61. The highest BCUT2D eigenvalue weighted by Crippen LogP contribution is 2.28. The predicted molar refractivity (Wildman–Crippen MR) is 77.5 cm³/mol. The van der Waals surface area contributed by atoms with Crippen molar-refractivity contribution in [2.24, 2.45) is 0 Å². The zero-order valence-corrected chi connectivity index (χ0v) is 13.5. The van der Waals surface area contributed by atoms with Gasteiger partial charge < -0.3 is 9.47 Å². The number of carbonyl (C=O) groups excluding carboxylic acids is 1. The Morgan fingerprint density at radius 1 is 1.26 bits per heavy atom. The van der Waals surface area contributed by atoms with Gasteiger partial charge in [0.2, 0.25) is 5.88 Å². The molecule has 1 heterocycles. The molecule has 0 aromatic carbocycles. The lowest BCUT2D eigenvalue weighted by molar-refractivity contribution is -0.146. The van der Waals surface area contributed by atoms with Crippen LogP contribution in [0.2, 0.25) is 0 Å². The van der Waals surface area contributed by atoms with Gasteiger partial charge in [0.05, 0.1) is 12.3 Å². The fraction of sp³-hybridized carbons (Fsp3) is 0.571. The summed E-state index contributed by atoms with van der Waals surface area (Å²) in [5.41, 5.74) is 2.85. The fourth-order valence-corrected chi connectivity index (χ4v) is 1.91. The first-order chi connectivity index (χ1) is 8.97. The zero-order chi connectivity index (χ0) is 14.4. The van der Waals surface area contributed by atoms with E-state index in [2.05, 4.69) is 20.9 Å². The molecule has 0 saturated carbocycles. The molecular formula is C14H20BrNO3. The van der Waals surface area contributed by atoms with Crippen LogP contribution in [0.1, 0.15) is 36.6 Å². The highest BCUT2D eigenvalue weighted by Gasteiger charge is 2.12. The van der Waals surface area contributed by atoms with Gasteiger partial charge in [0.1, 0.15) is 0 Å². The van der Waals surface area contributed by atoms with E-state index >= 15 is 0 Å². The van der Waals surface area contributed by atoms with Gasteiger partial charge in [0.15, 0.2) is 6.61 Å². The Morgan fingerprint density at radius 2 is 1.95 bits per heavy atom. The Morgan fingerprint density at radius 3 is 2.58 bits per heavy atom. The highest BCUT2D eigenvalue weighted by atomic mass is 79.9. The van der Waals surface area contributed by atoms with Crippen LogP contribution < -0.4 is 4.74 Å². The van der Waals surface area contributed by atoms with E-state index in [1.807, 2.05) is 27.7 Å². The van der Waals surface area contributed by atoms with Crippen LogP contribution in [0, 0.1) is 20.8 Å². The Labute approximate surface area is 122 Å². The molecule has 19 heavy (non-hydrogen) atoms. The van der Waals surface area contributed by atoms with Crippen LogP contribution in [-0.2, 0) is 9.53 Å². The van der Waals surface area contributed by atoms with Crippen LogP contribution in [0.3, 0.4) is 0 Å². The molecule has 0 saturated heterocycles. The van der Waals surface area contributed by atoms with E-state index in [4.69, 9.17) is 9.47 Å². The zero-order valence-electron chi connectivity index (χ0n) is 11.9. The SMILES string of the molecule is CCCCOC(=O)COc1nc(C)c(Br)c(C)c1C. The molecule has 4 nitrogen and oxygen atoms in total. The molecule has 0 fully saturated rings. The number of nitrogens with zero attached hydrogens (tertiary/aromatic N) is 1. The third kappa shape index (κ3) is 4.49. The van der Waals surface area contributed by atoms with Crippen LogP contribution in [0.15, 0.2) is 4.47 Å². The number of halogens is 1. The first kappa shape index (κ1) is 16.0. The minimum absolute atomic E-state index is 0.0991. The van der Waals surface area contributed by atoms with Crippen molar-refractivity contribution in [1.29, 1.82) is 0 Å². The second-order valence-electron chi connectivity index (χ2n) is 4.43. The number of aromatic nitrogens is 1. The van der Waals surface area contributed by atoms with Crippen LogP contribution in [-0.4, -0.2) is 24.2 Å². The van der Waals surface area contributed by atoms with Gasteiger partial charge in [-0.1, -0.05) is 13.3 Å². The molecule has 106 valence electrons. The maximum absolute atomic E-state index is 11.5. The van der Waals surface area contributed by atoms with Gasteiger partial charge in [-0.05, 0) is 48.7 Å². The lowest BCUT2D eigenvalue weighted by atomic mass is 10.1. The van der Waals surface area contributed by atoms with Crippen LogP contribution in [0.5, 0.6) is 5.88 Å². The molecule has 1 aromatic heterocycles. The maximum atomic E-state index is 11.5. The van der Waals surface area contributed by atoms with Gasteiger partial charge >= 0.3 is 5.97 Å². The van der Waals surface area contributed by atoms with E-state index in [0.717, 1.165) is 34.1 Å². The van der Waals surface area contributed by atoms with Crippen molar-refractivity contribution in [3.05, 3.63) is 21.3 Å². The van der Waals surface area contributed by atoms with Crippen molar-refractivity contribution in [2.45, 2.75) is 40.5 Å². The first-order valence-corrected chi connectivity index (χ1v) is 7.18. The third-order valence-corrected chi connectivity index (χ3v) is 4.06. The molecule has 0 N–H and O–H groups in total. The second kappa shape index (κ2) is 7.48. The molecular weight excluding hydrogens is 310 g/mol. The molecule has 0 aliphatic carbocycles. The van der Waals surface area contributed by atoms with E-state index in [9.17, 15) is 4.79 Å². The van der Waals surface area contributed by atoms with Gasteiger partial charge in [-0.25, -0.2) is 9.78 Å². The summed E-state index contributed by atoms with van der Waals surface area (Å²) in [6.07, 6.45) is 1.87. The number of rotatable bonds is 6. The molecule has 0 aliphatic rings. The van der Waals surface area contributed by atoms with Crippen molar-refractivity contribution >= 4 is 21.9 Å². The van der Waals surface area contributed by atoms with Gasteiger partial charge in [-0.15, -0.1) is 0 Å². The molecule has 0 radical (unpaired) electrons. The lowest BCUT2D eigenvalue weighted by Gasteiger charge is -2.12. The minimum Gasteiger partial charge on any atom is -0.465 e. The second-order valence-corrected chi connectivity index (χ2v) is 5.22. The van der Waals surface area contributed by atoms with E-state index < -0.39 is 0 Å². The lowest BCUT2D eigenvalue weighted by Crippen LogP contribution is -2.16. The van der Waals surface area contributed by atoms with Crippen molar-refractivity contribution in [2.75, 3.05) is 13.2 Å². The third-order valence-electron chi connectivity index (χ3n) is 2.89. The average molecular weight is 330 g/mol. The number of esters is 1. The monoisotopic (exact) mass is 329 g/mol. The summed E-state index contributed by atoms with van der Waals surface area (Å²) < 4.78 is 11.4. The maximum Gasteiger partial charge on any atom is 0.344 e. The van der Waals surface area contributed by atoms with E-state index in [0.29, 0.717) is 12.5 Å². The molecule has 1 aromatic rings. The van der Waals surface area contributed by atoms with Crippen LogP contribution >= 0.6 is 15.9 Å². The Kier molecular flexibility index (Phi) is 6.28. The Hall–Kier alpha value is -1.10. The van der Waals surface area contributed by atoms with Crippen molar-refractivity contribution in [3.8, 4) is 5.88 Å². The molecule has 0 amide bonds.